The van der Waals surface area contributed by atoms with Gasteiger partial charge < -0.3 is 5.32 Å². The quantitative estimate of drug-likeness (QED) is 0.826. The third kappa shape index (κ3) is 3.55. The average Bonchev–Trinajstić information content (AvgIpc) is 2.85. The van der Waals surface area contributed by atoms with Crippen LogP contribution < -0.4 is 10.0 Å². The lowest BCUT2D eigenvalue weighted by atomic mass is 10.3. The molecule has 2 aromatic rings. The number of halogens is 3. The smallest absolute Gasteiger partial charge is 0.271 e. The maximum absolute atomic E-state index is 13.1. The van der Waals surface area contributed by atoms with E-state index < -0.39 is 27.5 Å². The summed E-state index contributed by atoms with van der Waals surface area (Å²) in [6.07, 6.45) is 0. The van der Waals surface area contributed by atoms with Crippen LogP contribution in [0.2, 0.25) is 0 Å². The minimum atomic E-state index is -3.97. The first-order valence-corrected chi connectivity index (χ1v) is 8.04. The molecule has 2 N–H and O–H groups in total. The molecule has 9 heteroatoms. The van der Waals surface area contributed by atoms with Crippen LogP contribution in [-0.2, 0) is 16.6 Å². The van der Waals surface area contributed by atoms with E-state index in [1.54, 1.807) is 13.1 Å². The largest absolute Gasteiger partial charge is 0.315 e. The number of nitrogens with one attached hydrogen (secondary N) is 2. The molecule has 0 unspecified atom stereocenters. The third-order valence-corrected chi connectivity index (χ3v) is 5.45. The molecule has 0 aliphatic heterocycles. The number of thiophene rings is 1. The topological polar surface area (TPSA) is 58.2 Å². The summed E-state index contributed by atoms with van der Waals surface area (Å²) in [6, 6.07) is 4.17. The van der Waals surface area contributed by atoms with Gasteiger partial charge in [0, 0.05) is 23.6 Å². The predicted octanol–water partition coefficient (Wildman–Crippen LogP) is 2.69. The van der Waals surface area contributed by atoms with Crippen LogP contribution >= 0.6 is 11.3 Å². The normalized spacial score (nSPS) is 11.6. The SMILES string of the molecule is CNCc1ccc(S(=O)(=O)Nc2cc(F)c(F)c(F)c2)s1. The van der Waals surface area contributed by atoms with Crippen molar-refractivity contribution in [2.24, 2.45) is 0 Å². The highest BCUT2D eigenvalue weighted by molar-refractivity contribution is 7.94. The van der Waals surface area contributed by atoms with Crippen LogP contribution in [0.4, 0.5) is 18.9 Å². The molecule has 0 spiro atoms. The van der Waals surface area contributed by atoms with Gasteiger partial charge in [0.15, 0.2) is 17.5 Å². The number of hydrogen-bond donors (Lipinski definition) is 2. The Labute approximate surface area is 123 Å². The Morgan fingerprint density at radius 2 is 1.76 bits per heavy atom. The summed E-state index contributed by atoms with van der Waals surface area (Å²) in [5.74, 6) is -4.57. The molecule has 0 radical (unpaired) electrons. The van der Waals surface area contributed by atoms with Gasteiger partial charge in [0.2, 0.25) is 0 Å². The number of anilines is 1. The van der Waals surface area contributed by atoms with Crippen molar-refractivity contribution in [2.45, 2.75) is 10.8 Å². The van der Waals surface area contributed by atoms with Gasteiger partial charge in [-0.3, -0.25) is 4.72 Å². The molecule has 0 aliphatic carbocycles. The van der Waals surface area contributed by atoms with Crippen LogP contribution in [-0.4, -0.2) is 15.5 Å². The van der Waals surface area contributed by atoms with Gasteiger partial charge in [0.25, 0.3) is 10.0 Å². The second kappa shape index (κ2) is 6.04. The van der Waals surface area contributed by atoms with Crippen molar-refractivity contribution < 1.29 is 21.6 Å². The van der Waals surface area contributed by atoms with Crippen molar-refractivity contribution in [3.05, 3.63) is 46.6 Å². The van der Waals surface area contributed by atoms with E-state index >= 15 is 0 Å². The average molecular weight is 336 g/mol. The summed E-state index contributed by atoms with van der Waals surface area (Å²) in [7, 11) is -2.25. The van der Waals surface area contributed by atoms with Crippen molar-refractivity contribution >= 4 is 27.0 Å². The lowest BCUT2D eigenvalue weighted by Gasteiger charge is -2.07. The summed E-state index contributed by atoms with van der Waals surface area (Å²) in [4.78, 5) is 0.786. The second-order valence-corrected chi connectivity index (χ2v) is 7.19. The van der Waals surface area contributed by atoms with Crippen molar-refractivity contribution in [3.63, 3.8) is 0 Å². The summed E-state index contributed by atoms with van der Waals surface area (Å²) < 4.78 is 65.1. The summed E-state index contributed by atoms with van der Waals surface area (Å²) in [6.45, 7) is 0.500. The van der Waals surface area contributed by atoms with Gasteiger partial charge in [-0.2, -0.15) is 0 Å². The van der Waals surface area contributed by atoms with Crippen LogP contribution in [0, 0.1) is 17.5 Å². The highest BCUT2D eigenvalue weighted by Gasteiger charge is 2.19. The van der Waals surface area contributed by atoms with Crippen molar-refractivity contribution in [3.8, 4) is 0 Å². The maximum Gasteiger partial charge on any atom is 0.271 e. The van der Waals surface area contributed by atoms with Gasteiger partial charge in [0.1, 0.15) is 4.21 Å². The molecule has 21 heavy (non-hydrogen) atoms. The molecule has 1 heterocycles. The van der Waals surface area contributed by atoms with E-state index in [2.05, 4.69) is 5.32 Å². The van der Waals surface area contributed by atoms with Gasteiger partial charge in [-0.25, -0.2) is 21.6 Å². The lowest BCUT2D eigenvalue weighted by molar-refractivity contribution is 0.448. The van der Waals surface area contributed by atoms with Crippen LogP contribution in [0.3, 0.4) is 0 Å². The summed E-state index contributed by atoms with van der Waals surface area (Å²) in [5.41, 5.74) is -0.380. The first-order chi connectivity index (χ1) is 9.83. The summed E-state index contributed by atoms with van der Waals surface area (Å²) >= 11 is 1.02. The van der Waals surface area contributed by atoms with Crippen molar-refractivity contribution in [1.29, 1.82) is 0 Å². The van der Waals surface area contributed by atoms with Crippen LogP contribution in [0.15, 0.2) is 28.5 Å². The Bertz CT molecular complexity index is 737. The van der Waals surface area contributed by atoms with Gasteiger partial charge in [0.05, 0.1) is 5.69 Å². The van der Waals surface area contributed by atoms with Gasteiger partial charge in [-0.1, -0.05) is 0 Å². The lowest BCUT2D eigenvalue weighted by Crippen LogP contribution is -2.12. The molecule has 1 aromatic carbocycles. The highest BCUT2D eigenvalue weighted by atomic mass is 32.2. The Hall–Kier alpha value is -1.58. The molecule has 0 amide bonds. The van der Waals surface area contributed by atoms with Gasteiger partial charge >= 0.3 is 0 Å². The minimum Gasteiger partial charge on any atom is -0.315 e. The third-order valence-electron chi connectivity index (χ3n) is 2.49. The molecule has 0 aliphatic rings. The van der Waals surface area contributed by atoms with E-state index in [0.29, 0.717) is 18.7 Å². The molecule has 4 nitrogen and oxygen atoms in total. The number of hydrogen-bond acceptors (Lipinski definition) is 4. The monoisotopic (exact) mass is 336 g/mol. The highest BCUT2D eigenvalue weighted by Crippen LogP contribution is 2.25. The van der Waals surface area contributed by atoms with Crippen molar-refractivity contribution in [1.82, 2.24) is 5.32 Å². The van der Waals surface area contributed by atoms with Crippen molar-refractivity contribution in [2.75, 3.05) is 11.8 Å². The van der Waals surface area contributed by atoms with E-state index in [-0.39, 0.29) is 9.90 Å². The van der Waals surface area contributed by atoms with Gasteiger partial charge in [-0.15, -0.1) is 11.3 Å². The predicted molar refractivity (Wildman–Crippen MR) is 74.2 cm³/mol. The number of rotatable bonds is 5. The number of benzene rings is 1. The van der Waals surface area contributed by atoms with E-state index in [4.69, 9.17) is 0 Å². The zero-order valence-corrected chi connectivity index (χ0v) is 12.4. The van der Waals surface area contributed by atoms with Crippen LogP contribution in [0.5, 0.6) is 0 Å². The Morgan fingerprint density at radius 3 is 2.33 bits per heavy atom. The molecule has 1 aromatic heterocycles. The minimum absolute atomic E-state index is 0.00195. The first-order valence-electron chi connectivity index (χ1n) is 5.74. The van der Waals surface area contributed by atoms with E-state index in [9.17, 15) is 21.6 Å². The Balaban J connectivity index is 2.28. The molecule has 0 fully saturated rings. The molecular weight excluding hydrogens is 325 g/mol. The Kier molecular flexibility index (Phi) is 4.55. The van der Waals surface area contributed by atoms with E-state index in [0.717, 1.165) is 16.2 Å². The molecule has 114 valence electrons. The molecule has 0 bridgehead atoms. The first kappa shape index (κ1) is 15.8. The van der Waals surface area contributed by atoms with Crippen LogP contribution in [0.1, 0.15) is 4.88 Å². The second-order valence-electron chi connectivity index (χ2n) is 4.11. The molecule has 0 saturated heterocycles. The van der Waals surface area contributed by atoms with E-state index in [1.165, 1.54) is 6.07 Å². The van der Waals surface area contributed by atoms with Crippen LogP contribution in [0.25, 0.3) is 0 Å². The van der Waals surface area contributed by atoms with E-state index in [1.807, 2.05) is 4.72 Å². The summed E-state index contributed by atoms with van der Waals surface area (Å²) in [5, 5.41) is 2.87. The number of sulfonamides is 1. The molecular formula is C12H11F3N2O2S2. The standard InChI is InChI=1S/C12H11F3N2O2S2/c1-16-6-8-2-3-11(20-8)21(18,19)17-7-4-9(13)12(15)10(14)5-7/h2-5,16-17H,6H2,1H3. The fraction of sp³-hybridized carbons (Fsp3) is 0.167. The zero-order chi connectivity index (χ0) is 15.6. The molecule has 0 saturated carbocycles. The van der Waals surface area contributed by atoms with Gasteiger partial charge in [-0.05, 0) is 19.2 Å². The fourth-order valence-corrected chi connectivity index (χ4v) is 4.00. The zero-order valence-electron chi connectivity index (χ0n) is 10.8. The Morgan fingerprint density at radius 1 is 1.14 bits per heavy atom. The maximum atomic E-state index is 13.1. The fourth-order valence-electron chi connectivity index (χ4n) is 1.59. The molecule has 2 rings (SSSR count). The molecule has 0 atom stereocenters.